The van der Waals surface area contributed by atoms with Crippen molar-refractivity contribution in [2.45, 2.75) is 39.9 Å². The van der Waals surface area contributed by atoms with Crippen molar-refractivity contribution in [3.8, 4) is 0 Å². The van der Waals surface area contributed by atoms with Crippen molar-refractivity contribution in [1.82, 2.24) is 15.2 Å². The third-order valence-corrected chi connectivity index (χ3v) is 4.04. The molecule has 2 aromatic rings. The van der Waals surface area contributed by atoms with Gasteiger partial charge in [0.05, 0.1) is 12.0 Å². The molecule has 1 N–H and O–H groups in total. The first-order valence-corrected chi connectivity index (χ1v) is 7.92. The molecule has 0 saturated carbocycles. The summed E-state index contributed by atoms with van der Waals surface area (Å²) in [6.07, 6.45) is 2.91. The second-order valence-corrected chi connectivity index (χ2v) is 6.03. The number of furan rings is 1. The van der Waals surface area contributed by atoms with Gasteiger partial charge >= 0.3 is 0 Å². The van der Waals surface area contributed by atoms with Gasteiger partial charge in [0.2, 0.25) is 0 Å². The van der Waals surface area contributed by atoms with E-state index in [-0.39, 0.29) is 0 Å². The van der Waals surface area contributed by atoms with Crippen molar-refractivity contribution in [1.29, 1.82) is 0 Å². The van der Waals surface area contributed by atoms with Crippen molar-refractivity contribution >= 4 is 11.3 Å². The molecule has 2 aromatic heterocycles. The summed E-state index contributed by atoms with van der Waals surface area (Å²) < 4.78 is 5.33. The Bertz CT molecular complexity index is 521. The maximum absolute atomic E-state index is 5.33. The van der Waals surface area contributed by atoms with Crippen LogP contribution in [0.5, 0.6) is 0 Å². The Labute approximate surface area is 124 Å². The van der Waals surface area contributed by atoms with E-state index in [1.165, 1.54) is 10.6 Å². The number of aromatic nitrogens is 1. The van der Waals surface area contributed by atoms with Crippen LogP contribution >= 0.6 is 11.3 Å². The average Bonchev–Trinajstić information content (AvgIpc) is 3.00. The summed E-state index contributed by atoms with van der Waals surface area (Å²) in [4.78, 5) is 6.92. The summed E-state index contributed by atoms with van der Waals surface area (Å²) in [7, 11) is 2.11. The Morgan fingerprint density at radius 1 is 1.40 bits per heavy atom. The molecule has 0 amide bonds. The molecule has 0 bridgehead atoms. The number of hydrogen-bond donors (Lipinski definition) is 1. The molecule has 4 nitrogen and oxygen atoms in total. The van der Waals surface area contributed by atoms with E-state index in [1.807, 2.05) is 13.0 Å². The average molecular weight is 293 g/mol. The van der Waals surface area contributed by atoms with Crippen LogP contribution in [0.2, 0.25) is 0 Å². The van der Waals surface area contributed by atoms with E-state index in [4.69, 9.17) is 4.42 Å². The number of nitrogens with one attached hydrogen (secondary N) is 1. The number of nitrogens with zero attached hydrogens (tertiary/aromatic N) is 2. The largest absolute Gasteiger partial charge is 0.469 e. The summed E-state index contributed by atoms with van der Waals surface area (Å²) in [6.45, 7) is 7.87. The first-order valence-electron chi connectivity index (χ1n) is 7.04. The van der Waals surface area contributed by atoms with Crippen LogP contribution in [0.1, 0.15) is 35.4 Å². The van der Waals surface area contributed by atoms with Crippen LogP contribution in [0.15, 0.2) is 22.1 Å². The molecule has 0 atom stereocenters. The lowest BCUT2D eigenvalue weighted by Crippen LogP contribution is -2.18. The highest BCUT2D eigenvalue weighted by molar-refractivity contribution is 7.09. The van der Waals surface area contributed by atoms with Crippen molar-refractivity contribution in [3.05, 3.63) is 39.7 Å². The fourth-order valence-corrected chi connectivity index (χ4v) is 2.83. The highest BCUT2D eigenvalue weighted by Gasteiger charge is 2.08. The number of rotatable bonds is 8. The second-order valence-electron chi connectivity index (χ2n) is 5.08. The highest BCUT2D eigenvalue weighted by atomic mass is 32.1. The quantitative estimate of drug-likeness (QED) is 0.759. The van der Waals surface area contributed by atoms with Gasteiger partial charge in [-0.1, -0.05) is 6.92 Å². The van der Waals surface area contributed by atoms with Crippen LogP contribution in [0, 0.1) is 6.92 Å². The third-order valence-electron chi connectivity index (χ3n) is 3.14. The number of thiazole rings is 1. The molecule has 110 valence electrons. The van der Waals surface area contributed by atoms with Gasteiger partial charge in [-0.25, -0.2) is 4.98 Å². The van der Waals surface area contributed by atoms with Crippen LogP contribution in [0.3, 0.4) is 0 Å². The van der Waals surface area contributed by atoms with Crippen molar-refractivity contribution in [3.63, 3.8) is 0 Å². The van der Waals surface area contributed by atoms with Crippen molar-refractivity contribution < 1.29 is 4.42 Å². The van der Waals surface area contributed by atoms with Gasteiger partial charge in [-0.3, -0.25) is 4.90 Å². The topological polar surface area (TPSA) is 41.3 Å². The Kier molecular flexibility index (Phi) is 5.76. The van der Waals surface area contributed by atoms with E-state index in [0.29, 0.717) is 0 Å². The SMILES string of the molecule is CCCNCc1nc(CN(C)Cc2ccoc2C)cs1. The predicted octanol–water partition coefficient (Wildman–Crippen LogP) is 3.18. The zero-order valence-electron chi connectivity index (χ0n) is 12.5. The minimum atomic E-state index is 0.870. The summed E-state index contributed by atoms with van der Waals surface area (Å²) in [6, 6.07) is 2.03. The molecule has 0 saturated heterocycles. The molecule has 20 heavy (non-hydrogen) atoms. The Morgan fingerprint density at radius 2 is 2.25 bits per heavy atom. The predicted molar refractivity (Wildman–Crippen MR) is 82.7 cm³/mol. The molecule has 5 heteroatoms. The maximum atomic E-state index is 5.33. The normalized spacial score (nSPS) is 11.4. The summed E-state index contributed by atoms with van der Waals surface area (Å²) in [5.74, 6) is 1.000. The number of aryl methyl sites for hydroxylation is 1. The van der Waals surface area contributed by atoms with E-state index < -0.39 is 0 Å². The minimum Gasteiger partial charge on any atom is -0.469 e. The summed E-state index contributed by atoms with van der Waals surface area (Å²) >= 11 is 1.73. The number of hydrogen-bond acceptors (Lipinski definition) is 5. The fraction of sp³-hybridized carbons (Fsp3) is 0.533. The minimum absolute atomic E-state index is 0.870. The van der Waals surface area contributed by atoms with Gasteiger partial charge in [-0.05, 0) is 33.0 Å². The van der Waals surface area contributed by atoms with Crippen molar-refractivity contribution in [2.75, 3.05) is 13.6 Å². The van der Waals surface area contributed by atoms with Crippen LogP contribution < -0.4 is 5.32 Å². The Hall–Kier alpha value is -1.17. The molecule has 0 spiro atoms. The Morgan fingerprint density at radius 3 is 2.95 bits per heavy atom. The van der Waals surface area contributed by atoms with Gasteiger partial charge in [0.15, 0.2) is 0 Å². The second kappa shape index (κ2) is 7.57. The van der Waals surface area contributed by atoms with E-state index in [9.17, 15) is 0 Å². The first-order chi connectivity index (χ1) is 9.69. The van der Waals surface area contributed by atoms with Crippen LogP contribution in [0.25, 0.3) is 0 Å². The van der Waals surface area contributed by atoms with Gasteiger partial charge < -0.3 is 9.73 Å². The molecule has 0 aliphatic rings. The summed E-state index contributed by atoms with van der Waals surface area (Å²) in [5.41, 5.74) is 2.39. The van der Waals surface area contributed by atoms with Gasteiger partial charge in [-0.15, -0.1) is 11.3 Å². The molecule has 0 aromatic carbocycles. The van der Waals surface area contributed by atoms with E-state index in [0.717, 1.165) is 44.1 Å². The monoisotopic (exact) mass is 293 g/mol. The molecule has 0 fully saturated rings. The lowest BCUT2D eigenvalue weighted by atomic mass is 10.2. The molecule has 0 radical (unpaired) electrons. The van der Waals surface area contributed by atoms with Gasteiger partial charge in [-0.2, -0.15) is 0 Å². The van der Waals surface area contributed by atoms with Crippen LogP contribution in [-0.2, 0) is 19.6 Å². The third kappa shape index (κ3) is 4.44. The lowest BCUT2D eigenvalue weighted by molar-refractivity contribution is 0.313. The molecule has 2 heterocycles. The molecule has 0 aliphatic carbocycles. The maximum Gasteiger partial charge on any atom is 0.107 e. The fourth-order valence-electron chi connectivity index (χ4n) is 2.07. The highest BCUT2D eigenvalue weighted by Crippen LogP contribution is 2.15. The first kappa shape index (κ1) is 15.2. The van der Waals surface area contributed by atoms with Crippen molar-refractivity contribution in [2.24, 2.45) is 0 Å². The standard InChI is InChI=1S/C15H23N3OS/c1-4-6-16-8-15-17-14(11-20-15)10-18(3)9-13-5-7-19-12(13)2/h5,7,11,16H,4,6,8-10H2,1-3H3. The zero-order valence-corrected chi connectivity index (χ0v) is 13.3. The Balaban J connectivity index is 1.82. The van der Waals surface area contributed by atoms with Gasteiger partial charge in [0.25, 0.3) is 0 Å². The zero-order chi connectivity index (χ0) is 14.4. The summed E-state index contributed by atoms with van der Waals surface area (Å²) in [5, 5.41) is 6.71. The van der Waals surface area contributed by atoms with Crippen LogP contribution in [-0.4, -0.2) is 23.5 Å². The molecule has 0 unspecified atom stereocenters. The van der Waals surface area contributed by atoms with Gasteiger partial charge in [0, 0.05) is 30.6 Å². The van der Waals surface area contributed by atoms with E-state index >= 15 is 0 Å². The molecular formula is C15H23N3OS. The van der Waals surface area contributed by atoms with E-state index in [2.05, 4.69) is 34.6 Å². The van der Waals surface area contributed by atoms with E-state index in [1.54, 1.807) is 17.6 Å². The van der Waals surface area contributed by atoms with Gasteiger partial charge in [0.1, 0.15) is 10.8 Å². The molecule has 0 aliphatic heterocycles. The molecular weight excluding hydrogens is 270 g/mol. The molecule has 2 rings (SSSR count). The lowest BCUT2D eigenvalue weighted by Gasteiger charge is -2.14. The smallest absolute Gasteiger partial charge is 0.107 e. The van der Waals surface area contributed by atoms with Crippen LogP contribution in [0.4, 0.5) is 0 Å².